The molecule has 0 unspecified atom stereocenters. The fraction of sp³-hybridized carbons (Fsp3) is 0.333. The lowest BCUT2D eigenvalue weighted by Crippen LogP contribution is -2.10. The summed E-state index contributed by atoms with van der Waals surface area (Å²) in [5, 5.41) is 0. The van der Waals surface area contributed by atoms with E-state index in [4.69, 9.17) is 0 Å². The van der Waals surface area contributed by atoms with Crippen molar-refractivity contribution < 1.29 is 31.1 Å². The van der Waals surface area contributed by atoms with Crippen LogP contribution in [-0.2, 0) is 6.18 Å². The molecule has 0 atom stereocenters. The van der Waals surface area contributed by atoms with Crippen molar-refractivity contribution >= 4 is 0 Å². The first kappa shape index (κ1) is 12.7. The van der Waals surface area contributed by atoms with Gasteiger partial charge in [0.05, 0.1) is 5.56 Å². The van der Waals surface area contributed by atoms with Crippen LogP contribution in [0, 0.1) is 5.82 Å². The smallest absolute Gasteiger partial charge is 0.416 e. The summed E-state index contributed by atoms with van der Waals surface area (Å²) in [6, 6.07) is 1.37. The number of benzene rings is 1. The van der Waals surface area contributed by atoms with E-state index in [1.54, 1.807) is 0 Å². The molecule has 0 radical (unpaired) electrons. The third-order valence-corrected chi connectivity index (χ3v) is 1.62. The van der Waals surface area contributed by atoms with Crippen LogP contribution < -0.4 is 4.74 Å². The van der Waals surface area contributed by atoms with Crippen molar-refractivity contribution in [3.63, 3.8) is 0 Å². The van der Waals surface area contributed by atoms with Gasteiger partial charge in [-0.2, -0.15) is 13.2 Å². The van der Waals surface area contributed by atoms with E-state index in [-0.39, 0.29) is 0 Å². The molecule has 0 aliphatic rings. The van der Waals surface area contributed by atoms with Crippen LogP contribution in [0.2, 0.25) is 0 Å². The molecule has 7 heteroatoms. The average molecular weight is 244 g/mol. The molecule has 1 nitrogen and oxygen atoms in total. The molecule has 0 saturated carbocycles. The van der Waals surface area contributed by atoms with Crippen molar-refractivity contribution in [3.8, 4) is 5.75 Å². The average Bonchev–Trinajstić information content (AvgIpc) is 2.14. The Balaban J connectivity index is 2.91. The highest BCUT2D eigenvalue weighted by Gasteiger charge is 2.31. The Kier molecular flexibility index (Phi) is 3.66. The zero-order valence-electron chi connectivity index (χ0n) is 7.69. The number of alkyl halides is 5. The van der Waals surface area contributed by atoms with E-state index >= 15 is 0 Å². The third kappa shape index (κ3) is 3.32. The molecule has 0 spiro atoms. The molecular weight excluding hydrogens is 238 g/mol. The second-order valence-electron chi connectivity index (χ2n) is 2.85. The first-order valence-electron chi connectivity index (χ1n) is 4.08. The highest BCUT2D eigenvalue weighted by molar-refractivity contribution is 5.31. The number of hydrogen-bond donors (Lipinski definition) is 0. The lowest BCUT2D eigenvalue weighted by atomic mass is 10.2. The van der Waals surface area contributed by atoms with E-state index < -0.39 is 36.3 Å². The van der Waals surface area contributed by atoms with E-state index in [2.05, 4.69) is 4.74 Å². The molecule has 0 aromatic heterocycles. The van der Waals surface area contributed by atoms with Crippen molar-refractivity contribution in [3.05, 3.63) is 29.6 Å². The van der Waals surface area contributed by atoms with Gasteiger partial charge in [-0.3, -0.25) is 0 Å². The standard InChI is InChI=1S/C9H6F6O/c10-6-2-1-5(9(13,14)15)3-7(6)16-4-8(11)12/h1-3,8H,4H2. The summed E-state index contributed by atoms with van der Waals surface area (Å²) < 4.78 is 77.0. The fourth-order valence-corrected chi connectivity index (χ4v) is 0.943. The zero-order valence-corrected chi connectivity index (χ0v) is 7.69. The van der Waals surface area contributed by atoms with E-state index in [9.17, 15) is 26.3 Å². The highest BCUT2D eigenvalue weighted by atomic mass is 19.4. The summed E-state index contributed by atoms with van der Waals surface area (Å²) in [4.78, 5) is 0. The normalized spacial score (nSPS) is 11.9. The first-order valence-corrected chi connectivity index (χ1v) is 4.08. The van der Waals surface area contributed by atoms with Gasteiger partial charge in [-0.15, -0.1) is 0 Å². The van der Waals surface area contributed by atoms with E-state index in [0.29, 0.717) is 18.2 Å². The molecule has 0 fully saturated rings. The maximum Gasteiger partial charge on any atom is 0.416 e. The van der Waals surface area contributed by atoms with Crippen LogP contribution in [0.1, 0.15) is 5.56 Å². The monoisotopic (exact) mass is 244 g/mol. The number of hydrogen-bond acceptors (Lipinski definition) is 1. The molecular formula is C9H6F6O. The molecule has 0 heterocycles. The van der Waals surface area contributed by atoms with Crippen molar-refractivity contribution in [2.45, 2.75) is 12.6 Å². The molecule has 1 aromatic rings. The summed E-state index contributed by atoms with van der Waals surface area (Å²) >= 11 is 0. The maximum atomic E-state index is 12.9. The minimum absolute atomic E-state index is 0.345. The minimum atomic E-state index is -4.67. The van der Waals surface area contributed by atoms with Crippen LogP contribution >= 0.6 is 0 Å². The van der Waals surface area contributed by atoms with Crippen molar-refractivity contribution in [2.24, 2.45) is 0 Å². The lowest BCUT2D eigenvalue weighted by Gasteiger charge is -2.10. The van der Waals surface area contributed by atoms with Crippen LogP contribution in [0.4, 0.5) is 26.3 Å². The van der Waals surface area contributed by atoms with E-state index in [1.807, 2.05) is 0 Å². The van der Waals surface area contributed by atoms with Gasteiger partial charge in [-0.05, 0) is 18.2 Å². The Labute approximate surface area is 86.6 Å². The molecule has 0 amide bonds. The zero-order chi connectivity index (χ0) is 12.3. The van der Waals surface area contributed by atoms with Crippen LogP contribution in [0.5, 0.6) is 5.75 Å². The molecule has 1 aromatic carbocycles. The Morgan fingerprint density at radius 3 is 2.31 bits per heavy atom. The molecule has 1 rings (SSSR count). The molecule has 0 aliphatic carbocycles. The van der Waals surface area contributed by atoms with E-state index in [1.165, 1.54) is 0 Å². The predicted molar refractivity (Wildman–Crippen MR) is 42.9 cm³/mol. The van der Waals surface area contributed by atoms with Gasteiger partial charge in [0, 0.05) is 0 Å². The predicted octanol–water partition coefficient (Wildman–Crippen LogP) is 3.49. The van der Waals surface area contributed by atoms with Gasteiger partial charge in [-0.25, -0.2) is 13.2 Å². The quantitative estimate of drug-likeness (QED) is 0.739. The largest absolute Gasteiger partial charge is 0.485 e. The first-order chi connectivity index (χ1) is 7.30. The van der Waals surface area contributed by atoms with Gasteiger partial charge in [0.1, 0.15) is 6.61 Å². The second-order valence-corrected chi connectivity index (χ2v) is 2.85. The van der Waals surface area contributed by atoms with Crippen molar-refractivity contribution in [1.29, 1.82) is 0 Å². The summed E-state index contributed by atoms with van der Waals surface area (Å²) in [6.45, 7) is -1.15. The second kappa shape index (κ2) is 4.63. The van der Waals surface area contributed by atoms with Gasteiger partial charge in [0.2, 0.25) is 0 Å². The Bertz CT molecular complexity index is 360. The molecule has 16 heavy (non-hydrogen) atoms. The SMILES string of the molecule is Fc1ccc(C(F)(F)F)cc1OCC(F)F. The van der Waals surface area contributed by atoms with Gasteiger partial charge in [-0.1, -0.05) is 0 Å². The Morgan fingerprint density at radius 2 is 1.81 bits per heavy atom. The van der Waals surface area contributed by atoms with Crippen molar-refractivity contribution in [2.75, 3.05) is 6.61 Å². The molecule has 0 saturated heterocycles. The van der Waals surface area contributed by atoms with E-state index in [0.717, 1.165) is 0 Å². The summed E-state index contributed by atoms with van der Waals surface area (Å²) in [6.07, 6.45) is -7.55. The van der Waals surface area contributed by atoms with Crippen LogP contribution in [0.15, 0.2) is 18.2 Å². The lowest BCUT2D eigenvalue weighted by molar-refractivity contribution is -0.137. The van der Waals surface area contributed by atoms with Gasteiger partial charge < -0.3 is 4.74 Å². The number of halogens is 6. The van der Waals surface area contributed by atoms with Gasteiger partial charge in [0.25, 0.3) is 6.43 Å². The van der Waals surface area contributed by atoms with Gasteiger partial charge >= 0.3 is 6.18 Å². The molecule has 90 valence electrons. The van der Waals surface area contributed by atoms with Crippen molar-refractivity contribution in [1.82, 2.24) is 0 Å². The number of rotatable bonds is 3. The third-order valence-electron chi connectivity index (χ3n) is 1.62. The number of ether oxygens (including phenoxy) is 1. The summed E-state index contributed by atoms with van der Waals surface area (Å²) in [7, 11) is 0. The van der Waals surface area contributed by atoms with Crippen LogP contribution in [0.25, 0.3) is 0 Å². The maximum absolute atomic E-state index is 12.9. The Morgan fingerprint density at radius 1 is 1.19 bits per heavy atom. The van der Waals surface area contributed by atoms with Crippen LogP contribution in [-0.4, -0.2) is 13.0 Å². The molecule has 0 aliphatic heterocycles. The Hall–Kier alpha value is -1.40. The fourth-order valence-electron chi connectivity index (χ4n) is 0.943. The minimum Gasteiger partial charge on any atom is -0.485 e. The summed E-state index contributed by atoms with van der Waals surface area (Å²) in [5.74, 6) is -1.95. The highest BCUT2D eigenvalue weighted by Crippen LogP contribution is 2.32. The molecule has 0 bridgehead atoms. The topological polar surface area (TPSA) is 9.23 Å². The van der Waals surface area contributed by atoms with Crippen LogP contribution in [0.3, 0.4) is 0 Å². The van der Waals surface area contributed by atoms with Gasteiger partial charge in [0.15, 0.2) is 11.6 Å². The molecule has 0 N–H and O–H groups in total. The summed E-state index contributed by atoms with van der Waals surface area (Å²) in [5.41, 5.74) is -1.15.